The van der Waals surface area contributed by atoms with Gasteiger partial charge in [-0.1, -0.05) is 23.2 Å². The SMILES string of the molecule is CC(C)N(CCSc1cnn(-c2ccc(Cl)c(Cl)c2)c1)C(C)C. The number of thioether (sulfide) groups is 1. The maximum absolute atomic E-state index is 6.06. The van der Waals surface area contributed by atoms with Crippen LogP contribution in [0.5, 0.6) is 0 Å². The number of hydrogen-bond acceptors (Lipinski definition) is 3. The number of aromatic nitrogens is 2. The predicted molar refractivity (Wildman–Crippen MR) is 101 cm³/mol. The van der Waals surface area contributed by atoms with Gasteiger partial charge in [0.05, 0.1) is 21.9 Å². The molecule has 2 rings (SSSR count). The molecule has 0 amide bonds. The van der Waals surface area contributed by atoms with Gasteiger partial charge in [-0.15, -0.1) is 11.8 Å². The van der Waals surface area contributed by atoms with E-state index in [0.29, 0.717) is 22.1 Å². The van der Waals surface area contributed by atoms with Crippen LogP contribution < -0.4 is 0 Å². The standard InChI is InChI=1S/C17H23Cl2N3S/c1-12(2)21(13(3)4)7-8-23-15-10-20-22(11-15)14-5-6-16(18)17(19)9-14/h5-6,9-13H,7-8H2,1-4H3. The minimum absolute atomic E-state index is 0.540. The Bertz CT molecular complexity index is 633. The normalized spacial score (nSPS) is 11.9. The Morgan fingerprint density at radius 1 is 1.13 bits per heavy atom. The molecule has 0 aliphatic carbocycles. The Balaban J connectivity index is 1.96. The lowest BCUT2D eigenvalue weighted by Gasteiger charge is -2.30. The van der Waals surface area contributed by atoms with E-state index < -0.39 is 0 Å². The van der Waals surface area contributed by atoms with Crippen molar-refractivity contribution < 1.29 is 0 Å². The van der Waals surface area contributed by atoms with Crippen LogP contribution in [-0.2, 0) is 0 Å². The Kier molecular flexibility index (Phi) is 6.84. The molecule has 23 heavy (non-hydrogen) atoms. The van der Waals surface area contributed by atoms with Gasteiger partial charge in [-0.25, -0.2) is 4.68 Å². The lowest BCUT2D eigenvalue weighted by atomic mass is 10.2. The number of halogens is 2. The highest BCUT2D eigenvalue weighted by molar-refractivity contribution is 7.99. The summed E-state index contributed by atoms with van der Waals surface area (Å²) < 4.78 is 1.83. The third-order valence-electron chi connectivity index (χ3n) is 3.67. The molecular formula is C17H23Cl2N3S. The molecular weight excluding hydrogens is 349 g/mol. The van der Waals surface area contributed by atoms with Gasteiger partial charge in [-0.2, -0.15) is 5.10 Å². The first kappa shape index (κ1) is 18.7. The lowest BCUT2D eigenvalue weighted by Crippen LogP contribution is -2.38. The summed E-state index contributed by atoms with van der Waals surface area (Å²) in [5.41, 5.74) is 0.914. The molecule has 6 heteroatoms. The van der Waals surface area contributed by atoms with E-state index in [2.05, 4.69) is 37.7 Å². The average molecular weight is 372 g/mol. The molecule has 0 fully saturated rings. The largest absolute Gasteiger partial charge is 0.298 e. The van der Waals surface area contributed by atoms with Crippen molar-refractivity contribution in [1.82, 2.24) is 14.7 Å². The molecule has 0 aliphatic rings. The van der Waals surface area contributed by atoms with Crippen molar-refractivity contribution in [3.05, 3.63) is 40.6 Å². The van der Waals surface area contributed by atoms with Gasteiger partial charge in [-0.05, 0) is 45.9 Å². The second kappa shape index (κ2) is 8.43. The zero-order valence-corrected chi connectivity index (χ0v) is 16.3. The van der Waals surface area contributed by atoms with Crippen LogP contribution in [0.15, 0.2) is 35.5 Å². The van der Waals surface area contributed by atoms with Crippen molar-refractivity contribution in [2.24, 2.45) is 0 Å². The maximum atomic E-state index is 6.06. The minimum Gasteiger partial charge on any atom is -0.298 e. The van der Waals surface area contributed by atoms with E-state index in [-0.39, 0.29) is 0 Å². The van der Waals surface area contributed by atoms with Crippen LogP contribution in [0.1, 0.15) is 27.7 Å². The smallest absolute Gasteiger partial charge is 0.0661 e. The number of benzene rings is 1. The molecule has 0 saturated heterocycles. The molecule has 3 nitrogen and oxygen atoms in total. The highest BCUT2D eigenvalue weighted by atomic mass is 35.5. The third kappa shape index (κ3) is 5.15. The molecule has 1 aromatic carbocycles. The van der Waals surface area contributed by atoms with E-state index in [0.717, 1.165) is 22.9 Å². The number of nitrogens with zero attached hydrogens (tertiary/aromatic N) is 3. The second-order valence-electron chi connectivity index (χ2n) is 5.99. The van der Waals surface area contributed by atoms with Crippen LogP contribution >= 0.6 is 35.0 Å². The van der Waals surface area contributed by atoms with Crippen molar-refractivity contribution in [3.8, 4) is 5.69 Å². The van der Waals surface area contributed by atoms with Crippen molar-refractivity contribution in [2.45, 2.75) is 44.7 Å². The van der Waals surface area contributed by atoms with Crippen LogP contribution in [0.4, 0.5) is 0 Å². The van der Waals surface area contributed by atoms with Crippen LogP contribution in [0.2, 0.25) is 10.0 Å². The summed E-state index contributed by atoms with van der Waals surface area (Å²) in [5, 5.41) is 5.50. The molecule has 2 aromatic rings. The highest BCUT2D eigenvalue weighted by Gasteiger charge is 2.13. The summed E-state index contributed by atoms with van der Waals surface area (Å²) in [6.45, 7) is 10.0. The van der Waals surface area contributed by atoms with E-state index >= 15 is 0 Å². The summed E-state index contributed by atoms with van der Waals surface area (Å²) in [5.74, 6) is 1.05. The molecule has 0 atom stereocenters. The highest BCUT2D eigenvalue weighted by Crippen LogP contribution is 2.25. The third-order valence-corrected chi connectivity index (χ3v) is 5.34. The summed E-state index contributed by atoms with van der Waals surface area (Å²) >= 11 is 13.8. The minimum atomic E-state index is 0.540. The van der Waals surface area contributed by atoms with Crippen molar-refractivity contribution in [3.63, 3.8) is 0 Å². The van der Waals surface area contributed by atoms with Gasteiger partial charge >= 0.3 is 0 Å². The van der Waals surface area contributed by atoms with Crippen LogP contribution in [-0.4, -0.2) is 39.1 Å². The summed E-state index contributed by atoms with van der Waals surface area (Å²) in [4.78, 5) is 3.65. The van der Waals surface area contributed by atoms with Crippen molar-refractivity contribution >= 4 is 35.0 Å². The van der Waals surface area contributed by atoms with E-state index in [4.69, 9.17) is 23.2 Å². The lowest BCUT2D eigenvalue weighted by molar-refractivity contribution is 0.187. The molecule has 0 N–H and O–H groups in total. The Morgan fingerprint density at radius 2 is 1.83 bits per heavy atom. The van der Waals surface area contributed by atoms with E-state index in [1.54, 1.807) is 6.07 Å². The van der Waals surface area contributed by atoms with E-state index in [1.807, 2.05) is 41.0 Å². The fourth-order valence-electron chi connectivity index (χ4n) is 2.53. The first-order valence-corrected chi connectivity index (χ1v) is 9.51. The van der Waals surface area contributed by atoms with Crippen LogP contribution in [0, 0.1) is 0 Å². The molecule has 0 saturated carbocycles. The zero-order valence-electron chi connectivity index (χ0n) is 14.0. The van der Waals surface area contributed by atoms with E-state index in [1.165, 1.54) is 0 Å². The Morgan fingerprint density at radius 3 is 2.43 bits per heavy atom. The molecule has 1 heterocycles. The number of rotatable bonds is 7. The van der Waals surface area contributed by atoms with Gasteiger partial charge in [0.1, 0.15) is 0 Å². The molecule has 0 bridgehead atoms. The Labute approximate surface area is 153 Å². The van der Waals surface area contributed by atoms with Crippen LogP contribution in [0.25, 0.3) is 5.69 Å². The van der Waals surface area contributed by atoms with Gasteiger partial charge in [0, 0.05) is 35.5 Å². The summed E-state index contributed by atoms with van der Waals surface area (Å²) in [6, 6.07) is 6.65. The first-order valence-electron chi connectivity index (χ1n) is 7.77. The van der Waals surface area contributed by atoms with Crippen molar-refractivity contribution in [1.29, 1.82) is 0 Å². The van der Waals surface area contributed by atoms with Crippen molar-refractivity contribution in [2.75, 3.05) is 12.3 Å². The van der Waals surface area contributed by atoms with Gasteiger partial charge in [0.15, 0.2) is 0 Å². The van der Waals surface area contributed by atoms with Gasteiger partial charge in [0.2, 0.25) is 0 Å². The van der Waals surface area contributed by atoms with Gasteiger partial charge < -0.3 is 0 Å². The van der Waals surface area contributed by atoms with Crippen LogP contribution in [0.3, 0.4) is 0 Å². The molecule has 0 unspecified atom stereocenters. The molecule has 0 aliphatic heterocycles. The monoisotopic (exact) mass is 371 g/mol. The van der Waals surface area contributed by atoms with Gasteiger partial charge in [-0.3, -0.25) is 4.90 Å². The quantitative estimate of drug-likeness (QED) is 0.608. The summed E-state index contributed by atoms with van der Waals surface area (Å²) in [6.07, 6.45) is 3.92. The molecule has 126 valence electrons. The fraction of sp³-hybridized carbons (Fsp3) is 0.471. The second-order valence-corrected chi connectivity index (χ2v) is 7.98. The number of hydrogen-bond donors (Lipinski definition) is 0. The predicted octanol–water partition coefficient (Wildman–Crippen LogP) is 5.39. The topological polar surface area (TPSA) is 21.1 Å². The molecule has 0 radical (unpaired) electrons. The summed E-state index contributed by atoms with van der Waals surface area (Å²) in [7, 11) is 0. The Hall–Kier alpha value is -0.680. The maximum Gasteiger partial charge on any atom is 0.0661 e. The molecule has 0 spiro atoms. The zero-order chi connectivity index (χ0) is 17.0. The molecule has 1 aromatic heterocycles. The van der Waals surface area contributed by atoms with Gasteiger partial charge in [0.25, 0.3) is 0 Å². The fourth-order valence-corrected chi connectivity index (χ4v) is 3.66. The first-order chi connectivity index (χ1) is 10.9. The average Bonchev–Trinajstić information content (AvgIpc) is 2.94. The van der Waals surface area contributed by atoms with E-state index in [9.17, 15) is 0 Å².